The third kappa shape index (κ3) is 3.89. The molecule has 6 heteroatoms. The Labute approximate surface area is 111 Å². The highest BCUT2D eigenvalue weighted by molar-refractivity contribution is 7.80. The van der Waals surface area contributed by atoms with Crippen LogP contribution >= 0.6 is 12.2 Å². The molecule has 0 aromatic heterocycles. The lowest BCUT2D eigenvalue weighted by Crippen LogP contribution is -2.30. The second-order valence-electron chi connectivity index (χ2n) is 4.12. The van der Waals surface area contributed by atoms with Gasteiger partial charge in [0.2, 0.25) is 0 Å². The van der Waals surface area contributed by atoms with E-state index in [2.05, 4.69) is 10.6 Å². The Morgan fingerprint density at radius 3 is 2.83 bits per heavy atom. The van der Waals surface area contributed by atoms with Crippen LogP contribution in [0.25, 0.3) is 0 Å². The molecule has 1 aromatic rings. The monoisotopic (exact) mass is 265 g/mol. The number of hydrogen-bond acceptors (Lipinski definition) is 3. The number of nitrogens with two attached hydrogens (primary N) is 1. The van der Waals surface area contributed by atoms with Gasteiger partial charge in [0.05, 0.1) is 5.69 Å². The van der Waals surface area contributed by atoms with Gasteiger partial charge in [-0.1, -0.05) is 24.4 Å². The van der Waals surface area contributed by atoms with E-state index in [1.54, 1.807) is 12.1 Å². The van der Waals surface area contributed by atoms with Crippen molar-refractivity contribution >= 4 is 28.9 Å². The Morgan fingerprint density at radius 1 is 1.44 bits per heavy atom. The van der Waals surface area contributed by atoms with Gasteiger partial charge in [-0.25, -0.2) is 4.79 Å². The average molecular weight is 265 g/mol. The molecule has 0 radical (unpaired) electrons. The van der Waals surface area contributed by atoms with Crippen molar-refractivity contribution in [2.75, 3.05) is 11.9 Å². The largest absolute Gasteiger partial charge is 0.484 e. The molecule has 0 atom stereocenters. The molecule has 0 heterocycles. The fourth-order valence-electron chi connectivity index (χ4n) is 1.42. The third-order valence-electron chi connectivity index (χ3n) is 2.42. The highest BCUT2D eigenvalue weighted by Gasteiger charge is 2.23. The van der Waals surface area contributed by atoms with Crippen LogP contribution in [-0.2, 0) is 0 Å². The quantitative estimate of drug-likeness (QED) is 0.707. The molecular formula is C12H15N3O2S. The zero-order valence-electron chi connectivity index (χ0n) is 9.81. The van der Waals surface area contributed by atoms with Crippen LogP contribution < -0.4 is 21.1 Å². The van der Waals surface area contributed by atoms with E-state index >= 15 is 0 Å². The van der Waals surface area contributed by atoms with Crippen molar-refractivity contribution in [2.45, 2.75) is 18.9 Å². The van der Waals surface area contributed by atoms with Gasteiger partial charge in [-0.15, -0.1) is 0 Å². The van der Waals surface area contributed by atoms with Crippen LogP contribution in [0.2, 0.25) is 0 Å². The van der Waals surface area contributed by atoms with Crippen molar-refractivity contribution in [2.24, 2.45) is 5.73 Å². The van der Waals surface area contributed by atoms with Crippen molar-refractivity contribution in [3.63, 3.8) is 0 Å². The zero-order valence-corrected chi connectivity index (χ0v) is 10.6. The Balaban J connectivity index is 1.96. The van der Waals surface area contributed by atoms with Gasteiger partial charge in [-0.05, 0) is 25.0 Å². The molecule has 1 aromatic carbocycles. The van der Waals surface area contributed by atoms with Crippen LogP contribution in [0.1, 0.15) is 12.8 Å². The minimum absolute atomic E-state index is 0.151. The first kappa shape index (κ1) is 12.6. The van der Waals surface area contributed by atoms with Crippen molar-refractivity contribution in [3.05, 3.63) is 24.3 Å². The maximum Gasteiger partial charge on any atom is 0.319 e. The van der Waals surface area contributed by atoms with Gasteiger partial charge in [0.25, 0.3) is 0 Å². The van der Waals surface area contributed by atoms with Crippen molar-refractivity contribution < 1.29 is 9.53 Å². The molecule has 2 amide bonds. The zero-order chi connectivity index (χ0) is 13.0. The van der Waals surface area contributed by atoms with Crippen LogP contribution in [0, 0.1) is 0 Å². The van der Waals surface area contributed by atoms with Crippen molar-refractivity contribution in [1.29, 1.82) is 0 Å². The predicted octanol–water partition coefficient (Wildman–Crippen LogP) is 1.64. The molecule has 96 valence electrons. The number of rotatable bonds is 5. The van der Waals surface area contributed by atoms with Crippen molar-refractivity contribution in [3.8, 4) is 5.75 Å². The lowest BCUT2D eigenvalue weighted by Gasteiger charge is -2.12. The van der Waals surface area contributed by atoms with E-state index in [-0.39, 0.29) is 17.6 Å². The van der Waals surface area contributed by atoms with E-state index in [9.17, 15) is 4.79 Å². The van der Waals surface area contributed by atoms with Gasteiger partial charge in [-0.2, -0.15) is 0 Å². The van der Waals surface area contributed by atoms with Gasteiger partial charge < -0.3 is 21.1 Å². The van der Waals surface area contributed by atoms with Crippen LogP contribution in [0.15, 0.2) is 24.3 Å². The number of urea groups is 1. The minimum atomic E-state index is -0.219. The van der Waals surface area contributed by atoms with Gasteiger partial charge in [-0.3, -0.25) is 0 Å². The van der Waals surface area contributed by atoms with Gasteiger partial charge in [0.15, 0.2) is 0 Å². The van der Waals surface area contributed by atoms with E-state index in [1.165, 1.54) is 0 Å². The lowest BCUT2D eigenvalue weighted by molar-refractivity contribution is 0.251. The molecule has 0 bridgehead atoms. The number of ether oxygens (including phenoxy) is 1. The topological polar surface area (TPSA) is 76.4 Å². The first-order valence-corrected chi connectivity index (χ1v) is 6.13. The van der Waals surface area contributed by atoms with Crippen molar-refractivity contribution in [1.82, 2.24) is 5.32 Å². The fourth-order valence-corrected chi connectivity index (χ4v) is 1.48. The number of benzene rings is 1. The van der Waals surface area contributed by atoms with E-state index in [0.29, 0.717) is 17.5 Å². The molecule has 4 N–H and O–H groups in total. The summed E-state index contributed by atoms with van der Waals surface area (Å²) in [7, 11) is 0. The predicted molar refractivity (Wildman–Crippen MR) is 73.9 cm³/mol. The van der Waals surface area contributed by atoms with Crippen LogP contribution in [-0.4, -0.2) is 23.7 Å². The summed E-state index contributed by atoms with van der Waals surface area (Å²) in [6.45, 7) is 0.151. The molecule has 0 unspecified atom stereocenters. The Morgan fingerprint density at radius 2 is 2.17 bits per heavy atom. The Hall–Kier alpha value is -1.82. The van der Waals surface area contributed by atoms with Crippen LogP contribution in [0.3, 0.4) is 0 Å². The first-order valence-electron chi connectivity index (χ1n) is 5.73. The summed E-state index contributed by atoms with van der Waals surface area (Å²) < 4.78 is 5.41. The number of para-hydroxylation sites is 2. The summed E-state index contributed by atoms with van der Waals surface area (Å²) in [4.78, 5) is 11.9. The number of anilines is 1. The first-order chi connectivity index (χ1) is 8.65. The molecule has 2 rings (SSSR count). The summed E-state index contributed by atoms with van der Waals surface area (Å²) >= 11 is 4.74. The summed E-state index contributed by atoms with van der Waals surface area (Å²) in [6, 6.07) is 7.25. The maximum absolute atomic E-state index is 11.6. The average Bonchev–Trinajstić information content (AvgIpc) is 3.11. The Bertz CT molecular complexity index is 460. The number of amides is 2. The van der Waals surface area contributed by atoms with Crippen LogP contribution in [0.5, 0.6) is 5.75 Å². The Kier molecular flexibility index (Phi) is 3.99. The third-order valence-corrected chi connectivity index (χ3v) is 2.54. The van der Waals surface area contributed by atoms with Crippen LogP contribution in [0.4, 0.5) is 10.5 Å². The van der Waals surface area contributed by atoms with E-state index < -0.39 is 0 Å². The standard InChI is InChI=1S/C12H15N3O2S/c13-11(18)7-17-10-4-2-1-3-9(10)15-12(16)14-8-5-6-8/h1-4,8H,5-7H2,(H2,13,18)(H2,14,15,16). The SMILES string of the molecule is NC(=S)COc1ccccc1NC(=O)NC1CC1. The summed E-state index contributed by atoms with van der Waals surface area (Å²) in [5.41, 5.74) is 5.98. The molecule has 1 fully saturated rings. The minimum Gasteiger partial charge on any atom is -0.484 e. The van der Waals surface area contributed by atoms with Gasteiger partial charge >= 0.3 is 6.03 Å². The lowest BCUT2D eigenvalue weighted by atomic mass is 10.3. The van der Waals surface area contributed by atoms with Gasteiger partial charge in [0.1, 0.15) is 17.3 Å². The van der Waals surface area contributed by atoms with Gasteiger partial charge in [0, 0.05) is 6.04 Å². The number of carbonyl (C=O) groups is 1. The number of thiocarbonyl (C=S) groups is 1. The molecular weight excluding hydrogens is 250 g/mol. The normalized spacial score (nSPS) is 13.8. The highest BCUT2D eigenvalue weighted by Crippen LogP contribution is 2.24. The molecule has 1 saturated carbocycles. The van der Waals surface area contributed by atoms with E-state index in [4.69, 9.17) is 22.7 Å². The smallest absolute Gasteiger partial charge is 0.319 e. The van der Waals surface area contributed by atoms with E-state index in [1.807, 2.05) is 12.1 Å². The summed E-state index contributed by atoms with van der Waals surface area (Å²) in [5.74, 6) is 0.552. The molecule has 0 spiro atoms. The second kappa shape index (κ2) is 5.68. The molecule has 0 aliphatic heterocycles. The molecule has 18 heavy (non-hydrogen) atoms. The number of nitrogens with one attached hydrogen (secondary N) is 2. The number of hydrogen-bond donors (Lipinski definition) is 3. The summed E-state index contributed by atoms with van der Waals surface area (Å²) in [6.07, 6.45) is 2.10. The number of carbonyl (C=O) groups excluding carboxylic acids is 1. The summed E-state index contributed by atoms with van der Waals surface area (Å²) in [5, 5.41) is 5.58. The molecule has 1 aliphatic carbocycles. The fraction of sp³-hybridized carbons (Fsp3) is 0.333. The molecule has 5 nitrogen and oxygen atoms in total. The maximum atomic E-state index is 11.6. The second-order valence-corrected chi connectivity index (χ2v) is 4.65. The molecule has 1 aliphatic rings. The molecule has 0 saturated heterocycles. The van der Waals surface area contributed by atoms with E-state index in [0.717, 1.165) is 12.8 Å². The highest BCUT2D eigenvalue weighted by atomic mass is 32.1.